The summed E-state index contributed by atoms with van der Waals surface area (Å²) in [6.45, 7) is 6.50. The van der Waals surface area contributed by atoms with Crippen molar-refractivity contribution < 1.29 is 4.79 Å². The largest absolute Gasteiger partial charge is 0.372 e. The Morgan fingerprint density at radius 3 is 2.19 bits per heavy atom. The number of anilines is 1. The zero-order valence-corrected chi connectivity index (χ0v) is 13.3. The summed E-state index contributed by atoms with van der Waals surface area (Å²) in [5.41, 5.74) is 2.70. The highest BCUT2D eigenvalue weighted by molar-refractivity contribution is 7.80. The van der Waals surface area contributed by atoms with E-state index in [1.807, 2.05) is 18.2 Å². The summed E-state index contributed by atoms with van der Waals surface area (Å²) in [4.78, 5) is 14.0. The fourth-order valence-electron chi connectivity index (χ4n) is 2.34. The lowest BCUT2D eigenvalue weighted by molar-refractivity contribution is -0.115. The van der Waals surface area contributed by atoms with E-state index >= 15 is 0 Å². The number of hydrogen-bond donors (Lipinski definition) is 2. The molecule has 0 atom stereocenters. The van der Waals surface area contributed by atoms with Crippen LogP contribution in [0.4, 0.5) is 5.69 Å². The SMILES string of the molecule is CCCN(CCC)c1ccc(C=C2NC(=S)NC2=O)cc1. The van der Waals surface area contributed by atoms with Gasteiger partial charge < -0.3 is 10.2 Å². The number of amides is 1. The number of hydrogen-bond acceptors (Lipinski definition) is 3. The molecule has 0 spiro atoms. The second-order valence-electron chi connectivity index (χ2n) is 5.04. The molecule has 0 unspecified atom stereocenters. The predicted octanol–water partition coefficient (Wildman–Crippen LogP) is 2.66. The monoisotopic (exact) mass is 303 g/mol. The molecule has 5 heteroatoms. The van der Waals surface area contributed by atoms with Crippen molar-refractivity contribution in [1.82, 2.24) is 10.6 Å². The van der Waals surface area contributed by atoms with E-state index < -0.39 is 0 Å². The van der Waals surface area contributed by atoms with E-state index in [0.29, 0.717) is 10.8 Å². The van der Waals surface area contributed by atoms with Crippen molar-refractivity contribution in [3.05, 3.63) is 35.5 Å². The highest BCUT2D eigenvalue weighted by atomic mass is 32.1. The van der Waals surface area contributed by atoms with Gasteiger partial charge in [0.05, 0.1) is 0 Å². The number of carbonyl (C=O) groups is 1. The van der Waals surface area contributed by atoms with Crippen LogP contribution in [0.1, 0.15) is 32.3 Å². The van der Waals surface area contributed by atoms with Crippen molar-refractivity contribution in [3.63, 3.8) is 0 Å². The Morgan fingerprint density at radius 1 is 1.10 bits per heavy atom. The zero-order valence-electron chi connectivity index (χ0n) is 12.5. The lowest BCUT2D eigenvalue weighted by Gasteiger charge is -2.23. The van der Waals surface area contributed by atoms with Crippen LogP contribution in [0.25, 0.3) is 6.08 Å². The minimum Gasteiger partial charge on any atom is -0.372 e. The van der Waals surface area contributed by atoms with Crippen molar-refractivity contribution in [3.8, 4) is 0 Å². The summed E-state index contributed by atoms with van der Waals surface area (Å²) >= 11 is 4.91. The van der Waals surface area contributed by atoms with Gasteiger partial charge in [-0.25, -0.2) is 0 Å². The van der Waals surface area contributed by atoms with Crippen molar-refractivity contribution in [1.29, 1.82) is 0 Å². The maximum atomic E-state index is 11.6. The first-order valence-electron chi connectivity index (χ1n) is 7.33. The van der Waals surface area contributed by atoms with Gasteiger partial charge in [0.2, 0.25) is 0 Å². The summed E-state index contributed by atoms with van der Waals surface area (Å²) in [7, 11) is 0. The quantitative estimate of drug-likeness (QED) is 0.626. The molecule has 2 rings (SSSR count). The van der Waals surface area contributed by atoms with Crippen molar-refractivity contribution >= 4 is 35.0 Å². The van der Waals surface area contributed by atoms with E-state index in [0.717, 1.165) is 31.5 Å². The minimum atomic E-state index is -0.178. The number of benzene rings is 1. The van der Waals surface area contributed by atoms with E-state index in [2.05, 4.69) is 41.5 Å². The van der Waals surface area contributed by atoms with E-state index in [-0.39, 0.29) is 5.91 Å². The van der Waals surface area contributed by atoms with Crippen LogP contribution >= 0.6 is 12.2 Å². The molecular weight excluding hydrogens is 282 g/mol. The lowest BCUT2D eigenvalue weighted by atomic mass is 10.1. The Bertz CT molecular complexity index is 545. The zero-order chi connectivity index (χ0) is 15.2. The lowest BCUT2D eigenvalue weighted by Crippen LogP contribution is -2.24. The van der Waals surface area contributed by atoms with Crippen LogP contribution in [0.3, 0.4) is 0 Å². The smallest absolute Gasteiger partial charge is 0.273 e. The highest BCUT2D eigenvalue weighted by Gasteiger charge is 2.19. The molecule has 2 N–H and O–H groups in total. The van der Waals surface area contributed by atoms with Crippen LogP contribution in [0.15, 0.2) is 30.0 Å². The van der Waals surface area contributed by atoms with Gasteiger partial charge in [-0.15, -0.1) is 0 Å². The molecule has 0 saturated carbocycles. The maximum absolute atomic E-state index is 11.6. The molecule has 0 radical (unpaired) electrons. The van der Waals surface area contributed by atoms with Gasteiger partial charge >= 0.3 is 0 Å². The summed E-state index contributed by atoms with van der Waals surface area (Å²) < 4.78 is 0. The molecule has 1 saturated heterocycles. The Morgan fingerprint density at radius 2 is 1.71 bits per heavy atom. The van der Waals surface area contributed by atoms with Gasteiger partial charge in [0, 0.05) is 18.8 Å². The number of carbonyl (C=O) groups excluding carboxylic acids is 1. The van der Waals surface area contributed by atoms with Crippen LogP contribution in [0.5, 0.6) is 0 Å². The van der Waals surface area contributed by atoms with Crippen LogP contribution in [0.2, 0.25) is 0 Å². The van der Waals surface area contributed by atoms with Crippen molar-refractivity contribution in [2.75, 3.05) is 18.0 Å². The van der Waals surface area contributed by atoms with Crippen LogP contribution < -0.4 is 15.5 Å². The third-order valence-corrected chi connectivity index (χ3v) is 3.48. The molecule has 0 aliphatic carbocycles. The molecule has 1 aliphatic heterocycles. The number of rotatable bonds is 6. The molecule has 1 heterocycles. The number of nitrogens with one attached hydrogen (secondary N) is 2. The van der Waals surface area contributed by atoms with Crippen molar-refractivity contribution in [2.45, 2.75) is 26.7 Å². The van der Waals surface area contributed by atoms with Gasteiger partial charge in [-0.1, -0.05) is 26.0 Å². The number of nitrogens with zero attached hydrogens (tertiary/aromatic N) is 1. The van der Waals surface area contributed by atoms with Gasteiger partial charge in [-0.2, -0.15) is 0 Å². The predicted molar refractivity (Wildman–Crippen MR) is 91.1 cm³/mol. The summed E-state index contributed by atoms with van der Waals surface area (Å²) in [6.07, 6.45) is 4.07. The fraction of sp³-hybridized carbons (Fsp3) is 0.375. The fourth-order valence-corrected chi connectivity index (χ4v) is 2.54. The molecule has 1 aliphatic rings. The minimum absolute atomic E-state index is 0.178. The molecule has 1 amide bonds. The number of thiocarbonyl (C=S) groups is 1. The second-order valence-corrected chi connectivity index (χ2v) is 5.45. The third-order valence-electron chi connectivity index (χ3n) is 3.28. The Labute approximate surface area is 131 Å². The molecule has 1 aromatic rings. The van der Waals surface area contributed by atoms with Gasteiger partial charge in [0.15, 0.2) is 5.11 Å². The normalized spacial score (nSPS) is 16.0. The Kier molecular flexibility index (Phi) is 5.33. The van der Waals surface area contributed by atoms with E-state index in [1.54, 1.807) is 0 Å². The average Bonchev–Trinajstić information content (AvgIpc) is 2.77. The molecule has 1 aromatic carbocycles. The first-order valence-corrected chi connectivity index (χ1v) is 7.74. The Hall–Kier alpha value is -1.88. The molecule has 112 valence electrons. The molecule has 0 bridgehead atoms. The summed E-state index contributed by atoms with van der Waals surface area (Å²) in [5, 5.41) is 5.77. The van der Waals surface area contributed by atoms with E-state index in [9.17, 15) is 4.79 Å². The van der Waals surface area contributed by atoms with Crippen LogP contribution in [-0.4, -0.2) is 24.1 Å². The molecular formula is C16H21N3OS. The van der Waals surface area contributed by atoms with Crippen LogP contribution in [-0.2, 0) is 4.79 Å². The van der Waals surface area contributed by atoms with Crippen LogP contribution in [0, 0.1) is 0 Å². The molecule has 21 heavy (non-hydrogen) atoms. The molecule has 4 nitrogen and oxygen atoms in total. The van der Waals surface area contributed by atoms with Gasteiger partial charge in [-0.3, -0.25) is 10.1 Å². The molecule has 1 fully saturated rings. The van der Waals surface area contributed by atoms with Gasteiger partial charge in [-0.05, 0) is 48.8 Å². The van der Waals surface area contributed by atoms with Gasteiger partial charge in [0.1, 0.15) is 5.70 Å². The third kappa shape index (κ3) is 4.04. The maximum Gasteiger partial charge on any atom is 0.273 e. The molecule has 0 aromatic heterocycles. The first kappa shape index (κ1) is 15.5. The van der Waals surface area contributed by atoms with Gasteiger partial charge in [0.25, 0.3) is 5.91 Å². The average molecular weight is 303 g/mol. The topological polar surface area (TPSA) is 44.4 Å². The van der Waals surface area contributed by atoms with E-state index in [1.165, 1.54) is 5.69 Å². The standard InChI is InChI=1S/C16H21N3OS/c1-3-9-19(10-4-2)13-7-5-12(6-8-13)11-14-15(20)18-16(21)17-14/h5-8,11H,3-4,9-10H2,1-2H3,(H2,17,18,20,21). The van der Waals surface area contributed by atoms with Crippen molar-refractivity contribution in [2.24, 2.45) is 0 Å². The summed E-state index contributed by atoms with van der Waals surface area (Å²) in [5.74, 6) is -0.178. The highest BCUT2D eigenvalue weighted by Crippen LogP contribution is 2.18. The Balaban J connectivity index is 2.13. The first-order chi connectivity index (χ1) is 10.1. The summed E-state index contributed by atoms with van der Waals surface area (Å²) in [6, 6.07) is 8.25. The second kappa shape index (κ2) is 7.22. The van der Waals surface area contributed by atoms with E-state index in [4.69, 9.17) is 12.2 Å².